The molecule has 0 spiro atoms. The third-order valence-electron chi connectivity index (χ3n) is 2.00. The summed E-state index contributed by atoms with van der Waals surface area (Å²) in [6.07, 6.45) is 3.82. The number of aromatic nitrogens is 1. The van der Waals surface area contributed by atoms with Crippen LogP contribution < -0.4 is 10.1 Å². The standard InChI is InChI=1S/C9H11FN2O/c10-7-3-9(6-12-4-7)13-8-1-2-11-5-8/h3-4,6,8,11H,1-2,5H2/t8-/m1/s1. The van der Waals surface area contributed by atoms with E-state index < -0.39 is 0 Å². The number of hydrogen-bond acceptors (Lipinski definition) is 3. The van der Waals surface area contributed by atoms with Gasteiger partial charge in [-0.2, -0.15) is 0 Å². The van der Waals surface area contributed by atoms with Gasteiger partial charge in [0, 0.05) is 12.6 Å². The minimum Gasteiger partial charge on any atom is -0.487 e. The van der Waals surface area contributed by atoms with Gasteiger partial charge in [0.15, 0.2) is 0 Å². The molecule has 13 heavy (non-hydrogen) atoms. The molecule has 1 atom stereocenters. The summed E-state index contributed by atoms with van der Waals surface area (Å²) in [7, 11) is 0. The zero-order valence-electron chi connectivity index (χ0n) is 7.16. The molecular formula is C9H11FN2O. The lowest BCUT2D eigenvalue weighted by molar-refractivity contribution is 0.221. The molecule has 2 heterocycles. The van der Waals surface area contributed by atoms with Crippen LogP contribution in [0, 0.1) is 5.82 Å². The Morgan fingerprint density at radius 1 is 1.54 bits per heavy atom. The zero-order chi connectivity index (χ0) is 9.10. The van der Waals surface area contributed by atoms with E-state index in [0.29, 0.717) is 5.75 Å². The Hall–Kier alpha value is -1.16. The molecule has 70 valence electrons. The fourth-order valence-electron chi connectivity index (χ4n) is 1.38. The SMILES string of the molecule is Fc1cncc(O[C@@H]2CCNC2)c1. The first-order valence-corrected chi connectivity index (χ1v) is 4.32. The summed E-state index contributed by atoms with van der Waals surface area (Å²) in [5, 5.41) is 3.17. The third-order valence-corrected chi connectivity index (χ3v) is 2.00. The van der Waals surface area contributed by atoms with Crippen LogP contribution in [0.2, 0.25) is 0 Å². The predicted molar refractivity (Wildman–Crippen MR) is 46.1 cm³/mol. The summed E-state index contributed by atoms with van der Waals surface area (Å²) in [5.41, 5.74) is 0. The minimum absolute atomic E-state index is 0.156. The lowest BCUT2D eigenvalue weighted by atomic mass is 10.3. The molecule has 1 fully saturated rings. The molecule has 1 aliphatic rings. The van der Waals surface area contributed by atoms with Crippen LogP contribution in [-0.4, -0.2) is 24.2 Å². The number of ether oxygens (including phenoxy) is 1. The van der Waals surface area contributed by atoms with Crippen molar-refractivity contribution in [1.82, 2.24) is 10.3 Å². The molecular weight excluding hydrogens is 171 g/mol. The highest BCUT2D eigenvalue weighted by Crippen LogP contribution is 2.14. The topological polar surface area (TPSA) is 34.1 Å². The van der Waals surface area contributed by atoms with Crippen LogP contribution in [0.5, 0.6) is 5.75 Å². The second-order valence-electron chi connectivity index (χ2n) is 3.07. The summed E-state index contributed by atoms with van der Waals surface area (Å²) < 4.78 is 18.2. The number of nitrogens with zero attached hydrogens (tertiary/aromatic N) is 1. The van der Waals surface area contributed by atoms with Gasteiger partial charge in [-0.25, -0.2) is 4.39 Å². The molecule has 2 rings (SSSR count). The molecule has 0 unspecified atom stereocenters. The van der Waals surface area contributed by atoms with Crippen LogP contribution in [0.1, 0.15) is 6.42 Å². The number of pyridine rings is 1. The van der Waals surface area contributed by atoms with E-state index in [9.17, 15) is 4.39 Å². The van der Waals surface area contributed by atoms with Crippen molar-refractivity contribution < 1.29 is 9.13 Å². The number of rotatable bonds is 2. The van der Waals surface area contributed by atoms with Crippen molar-refractivity contribution in [2.45, 2.75) is 12.5 Å². The van der Waals surface area contributed by atoms with E-state index in [-0.39, 0.29) is 11.9 Å². The molecule has 1 aromatic heterocycles. The first-order valence-electron chi connectivity index (χ1n) is 4.32. The molecule has 0 amide bonds. The number of hydrogen-bond donors (Lipinski definition) is 1. The summed E-state index contributed by atoms with van der Waals surface area (Å²) in [4.78, 5) is 3.71. The largest absolute Gasteiger partial charge is 0.487 e. The summed E-state index contributed by atoms with van der Waals surface area (Å²) in [6.45, 7) is 1.80. The van der Waals surface area contributed by atoms with E-state index in [0.717, 1.165) is 19.5 Å². The monoisotopic (exact) mass is 182 g/mol. The Morgan fingerprint density at radius 2 is 2.46 bits per heavy atom. The maximum absolute atomic E-state index is 12.7. The molecule has 3 nitrogen and oxygen atoms in total. The Morgan fingerprint density at radius 3 is 3.15 bits per heavy atom. The summed E-state index contributed by atoms with van der Waals surface area (Å²) >= 11 is 0. The fourth-order valence-corrected chi connectivity index (χ4v) is 1.38. The van der Waals surface area contributed by atoms with Gasteiger partial charge in [-0.1, -0.05) is 0 Å². The number of halogens is 1. The molecule has 0 radical (unpaired) electrons. The van der Waals surface area contributed by atoms with E-state index >= 15 is 0 Å². The Bertz CT molecular complexity index is 287. The van der Waals surface area contributed by atoms with Gasteiger partial charge in [0.1, 0.15) is 17.7 Å². The molecule has 0 aromatic carbocycles. The molecule has 0 aliphatic carbocycles. The Balaban J connectivity index is 2.00. The molecule has 4 heteroatoms. The average molecular weight is 182 g/mol. The lowest BCUT2D eigenvalue weighted by Crippen LogP contribution is -2.19. The van der Waals surface area contributed by atoms with Crippen molar-refractivity contribution in [2.24, 2.45) is 0 Å². The van der Waals surface area contributed by atoms with Gasteiger partial charge in [0.05, 0.1) is 12.4 Å². The van der Waals surface area contributed by atoms with Gasteiger partial charge >= 0.3 is 0 Å². The first kappa shape index (κ1) is 8.44. The normalized spacial score (nSPS) is 21.8. The van der Waals surface area contributed by atoms with E-state index in [1.165, 1.54) is 18.5 Å². The van der Waals surface area contributed by atoms with E-state index in [2.05, 4.69) is 10.3 Å². The van der Waals surface area contributed by atoms with E-state index in [1.807, 2.05) is 0 Å². The van der Waals surface area contributed by atoms with Gasteiger partial charge in [-0.15, -0.1) is 0 Å². The van der Waals surface area contributed by atoms with Crippen LogP contribution in [-0.2, 0) is 0 Å². The summed E-state index contributed by atoms with van der Waals surface area (Å²) in [5.74, 6) is 0.150. The van der Waals surface area contributed by atoms with Crippen molar-refractivity contribution in [3.05, 3.63) is 24.3 Å². The predicted octanol–water partition coefficient (Wildman–Crippen LogP) is 0.961. The molecule has 1 saturated heterocycles. The van der Waals surface area contributed by atoms with Gasteiger partial charge < -0.3 is 10.1 Å². The van der Waals surface area contributed by atoms with Gasteiger partial charge in [0.2, 0.25) is 0 Å². The number of nitrogens with one attached hydrogen (secondary N) is 1. The minimum atomic E-state index is -0.358. The highest BCUT2D eigenvalue weighted by molar-refractivity contribution is 5.17. The Kier molecular flexibility index (Phi) is 2.40. The maximum Gasteiger partial charge on any atom is 0.145 e. The van der Waals surface area contributed by atoms with Crippen molar-refractivity contribution in [3.8, 4) is 5.75 Å². The fraction of sp³-hybridized carbons (Fsp3) is 0.444. The highest BCUT2D eigenvalue weighted by atomic mass is 19.1. The average Bonchev–Trinajstić information content (AvgIpc) is 2.57. The first-order chi connectivity index (χ1) is 6.34. The Labute approximate surface area is 75.9 Å². The summed E-state index contributed by atoms with van der Waals surface area (Å²) in [6, 6.07) is 1.35. The van der Waals surface area contributed by atoms with Crippen LogP contribution >= 0.6 is 0 Å². The van der Waals surface area contributed by atoms with Gasteiger partial charge in [0.25, 0.3) is 0 Å². The maximum atomic E-state index is 12.7. The lowest BCUT2D eigenvalue weighted by Gasteiger charge is -2.11. The van der Waals surface area contributed by atoms with Crippen molar-refractivity contribution in [3.63, 3.8) is 0 Å². The molecule has 0 saturated carbocycles. The second kappa shape index (κ2) is 3.70. The van der Waals surface area contributed by atoms with Crippen molar-refractivity contribution >= 4 is 0 Å². The second-order valence-corrected chi connectivity index (χ2v) is 3.07. The van der Waals surface area contributed by atoms with Crippen LogP contribution in [0.15, 0.2) is 18.5 Å². The molecule has 0 bridgehead atoms. The third kappa shape index (κ3) is 2.15. The smallest absolute Gasteiger partial charge is 0.145 e. The van der Waals surface area contributed by atoms with Crippen molar-refractivity contribution in [2.75, 3.05) is 13.1 Å². The highest BCUT2D eigenvalue weighted by Gasteiger charge is 2.15. The van der Waals surface area contributed by atoms with Crippen LogP contribution in [0.3, 0.4) is 0 Å². The molecule has 1 aliphatic heterocycles. The van der Waals surface area contributed by atoms with Gasteiger partial charge in [-0.3, -0.25) is 4.98 Å². The van der Waals surface area contributed by atoms with E-state index in [1.54, 1.807) is 0 Å². The molecule has 1 N–H and O–H groups in total. The quantitative estimate of drug-likeness (QED) is 0.739. The van der Waals surface area contributed by atoms with Gasteiger partial charge in [-0.05, 0) is 13.0 Å². The van der Waals surface area contributed by atoms with Crippen LogP contribution in [0.4, 0.5) is 4.39 Å². The molecule has 1 aromatic rings. The van der Waals surface area contributed by atoms with Crippen molar-refractivity contribution in [1.29, 1.82) is 0 Å². The zero-order valence-corrected chi connectivity index (χ0v) is 7.16. The van der Waals surface area contributed by atoms with E-state index in [4.69, 9.17) is 4.74 Å². The van der Waals surface area contributed by atoms with Crippen LogP contribution in [0.25, 0.3) is 0 Å².